The highest BCUT2D eigenvalue weighted by Crippen LogP contribution is 2.30. The Morgan fingerprint density at radius 1 is 0.902 bits per heavy atom. The molecule has 0 aliphatic heterocycles. The maximum Gasteiger partial charge on any atom is 0.264 e. The van der Waals surface area contributed by atoms with Crippen LogP contribution in [0.3, 0.4) is 0 Å². The Labute approximate surface area is 257 Å². The summed E-state index contributed by atoms with van der Waals surface area (Å²) in [6.07, 6.45) is 0.298. The summed E-state index contributed by atoms with van der Waals surface area (Å²) in [6.45, 7) is 8.48. The van der Waals surface area contributed by atoms with Crippen LogP contribution in [0.2, 0.25) is 15.1 Å². The van der Waals surface area contributed by atoms with Crippen LogP contribution in [0.15, 0.2) is 65.6 Å². The Hall–Kier alpha value is -2.78. The third-order valence-electron chi connectivity index (χ3n) is 6.48. The van der Waals surface area contributed by atoms with Gasteiger partial charge in [0.15, 0.2) is 0 Å². The molecule has 220 valence electrons. The molecule has 0 spiro atoms. The number of anilines is 1. The predicted molar refractivity (Wildman–Crippen MR) is 166 cm³/mol. The number of aryl methyl sites for hydroxylation is 2. The van der Waals surface area contributed by atoms with E-state index < -0.39 is 28.5 Å². The Morgan fingerprint density at radius 2 is 1.56 bits per heavy atom. The molecule has 0 saturated heterocycles. The minimum absolute atomic E-state index is 0.00664. The molecular weight excluding hydrogens is 605 g/mol. The van der Waals surface area contributed by atoms with Crippen molar-refractivity contribution in [1.29, 1.82) is 0 Å². The molecule has 11 heteroatoms. The van der Waals surface area contributed by atoms with Gasteiger partial charge in [-0.3, -0.25) is 13.9 Å². The van der Waals surface area contributed by atoms with Gasteiger partial charge in [0.25, 0.3) is 10.0 Å². The third kappa shape index (κ3) is 8.16. The first kappa shape index (κ1) is 32.7. The lowest BCUT2D eigenvalue weighted by Crippen LogP contribution is -2.53. The molecule has 2 amide bonds. The maximum atomic E-state index is 14.1. The number of sulfonamides is 1. The fourth-order valence-corrected chi connectivity index (χ4v) is 6.29. The number of halogens is 3. The van der Waals surface area contributed by atoms with E-state index in [1.165, 1.54) is 23.1 Å². The van der Waals surface area contributed by atoms with Crippen LogP contribution >= 0.6 is 34.8 Å². The van der Waals surface area contributed by atoms with Crippen LogP contribution in [0.4, 0.5) is 5.69 Å². The molecule has 1 unspecified atom stereocenters. The average Bonchev–Trinajstić information content (AvgIpc) is 2.90. The van der Waals surface area contributed by atoms with E-state index >= 15 is 0 Å². The first-order chi connectivity index (χ1) is 19.2. The van der Waals surface area contributed by atoms with E-state index in [9.17, 15) is 18.0 Å². The summed E-state index contributed by atoms with van der Waals surface area (Å²) in [7, 11) is -4.21. The van der Waals surface area contributed by atoms with Crippen molar-refractivity contribution in [2.45, 2.75) is 64.6 Å². The Bertz CT molecular complexity index is 1510. The van der Waals surface area contributed by atoms with Crippen LogP contribution < -0.4 is 9.62 Å². The molecule has 3 aromatic carbocycles. The fourth-order valence-electron chi connectivity index (χ4n) is 4.34. The molecule has 0 saturated carbocycles. The lowest BCUT2D eigenvalue weighted by atomic mass is 10.1. The molecule has 0 aliphatic rings. The summed E-state index contributed by atoms with van der Waals surface area (Å²) in [5.41, 5.74) is 2.40. The number of benzene rings is 3. The smallest absolute Gasteiger partial charge is 0.264 e. The highest BCUT2D eigenvalue weighted by molar-refractivity contribution is 7.92. The number of hydrogen-bond acceptors (Lipinski definition) is 4. The standard InChI is InChI=1S/C30H34Cl3N3O4S/c1-6-27(30(38)34-19(2)3)35(17-22-10-14-25(32)26(33)15-22)29(37)18-36(28-16-23(31)11-9-21(28)5)41(39,40)24-12-7-20(4)8-13-24/h7-16,19,27H,6,17-18H2,1-5H3,(H,34,38). The van der Waals surface area contributed by atoms with Gasteiger partial charge in [-0.15, -0.1) is 0 Å². The molecular formula is C30H34Cl3N3O4S. The number of nitrogens with zero attached hydrogens (tertiary/aromatic N) is 2. The van der Waals surface area contributed by atoms with Crippen LogP contribution in [0.5, 0.6) is 0 Å². The summed E-state index contributed by atoms with van der Waals surface area (Å²) in [5.74, 6) is -0.917. The molecule has 0 aromatic heterocycles. The maximum absolute atomic E-state index is 14.1. The Kier molecular flexibility index (Phi) is 11.1. The minimum atomic E-state index is -4.21. The van der Waals surface area contributed by atoms with Crippen molar-refractivity contribution in [3.63, 3.8) is 0 Å². The van der Waals surface area contributed by atoms with E-state index in [0.717, 1.165) is 9.87 Å². The number of amides is 2. The fraction of sp³-hybridized carbons (Fsp3) is 0.333. The van der Waals surface area contributed by atoms with Crippen molar-refractivity contribution in [1.82, 2.24) is 10.2 Å². The van der Waals surface area contributed by atoms with E-state index in [2.05, 4.69) is 5.32 Å². The zero-order valence-electron chi connectivity index (χ0n) is 23.6. The van der Waals surface area contributed by atoms with E-state index in [4.69, 9.17) is 34.8 Å². The summed E-state index contributed by atoms with van der Waals surface area (Å²) >= 11 is 18.6. The van der Waals surface area contributed by atoms with Gasteiger partial charge in [-0.1, -0.05) is 71.6 Å². The number of hydrogen-bond donors (Lipinski definition) is 1. The molecule has 41 heavy (non-hydrogen) atoms. The van der Waals surface area contributed by atoms with Gasteiger partial charge in [0.2, 0.25) is 11.8 Å². The van der Waals surface area contributed by atoms with E-state index in [1.807, 2.05) is 20.8 Å². The van der Waals surface area contributed by atoms with Gasteiger partial charge in [-0.2, -0.15) is 0 Å². The monoisotopic (exact) mass is 637 g/mol. The molecule has 0 fully saturated rings. The van der Waals surface area contributed by atoms with Gasteiger partial charge in [-0.05, 0) is 81.6 Å². The Balaban J connectivity index is 2.12. The molecule has 0 bridgehead atoms. The van der Waals surface area contributed by atoms with Crippen LogP contribution in [0, 0.1) is 13.8 Å². The summed E-state index contributed by atoms with van der Waals surface area (Å²) in [4.78, 5) is 28.8. The number of rotatable bonds is 11. The third-order valence-corrected chi connectivity index (χ3v) is 9.23. The number of nitrogens with one attached hydrogen (secondary N) is 1. The number of carbonyl (C=O) groups excluding carboxylic acids is 2. The zero-order chi connectivity index (χ0) is 30.5. The lowest BCUT2D eigenvalue weighted by molar-refractivity contribution is -0.140. The molecule has 0 aliphatic carbocycles. The van der Waals surface area contributed by atoms with E-state index in [1.54, 1.807) is 56.3 Å². The van der Waals surface area contributed by atoms with Crippen LogP contribution in [-0.4, -0.2) is 43.8 Å². The highest BCUT2D eigenvalue weighted by atomic mass is 35.5. The Morgan fingerprint density at radius 3 is 2.15 bits per heavy atom. The molecule has 3 rings (SSSR count). The SMILES string of the molecule is CCC(C(=O)NC(C)C)N(Cc1ccc(Cl)c(Cl)c1)C(=O)CN(c1cc(Cl)ccc1C)S(=O)(=O)c1ccc(C)cc1. The lowest BCUT2D eigenvalue weighted by Gasteiger charge is -2.34. The first-order valence-corrected chi connectivity index (χ1v) is 15.7. The van der Waals surface area contributed by atoms with Crippen molar-refractivity contribution in [3.8, 4) is 0 Å². The topological polar surface area (TPSA) is 86.8 Å². The van der Waals surface area contributed by atoms with Crippen molar-refractivity contribution < 1.29 is 18.0 Å². The quantitative estimate of drug-likeness (QED) is 0.251. The largest absolute Gasteiger partial charge is 0.352 e. The number of carbonyl (C=O) groups is 2. The van der Waals surface area contributed by atoms with Crippen LogP contribution in [0.1, 0.15) is 43.9 Å². The van der Waals surface area contributed by atoms with Crippen molar-refractivity contribution in [3.05, 3.63) is 92.4 Å². The summed E-state index contributed by atoms with van der Waals surface area (Å²) in [6, 6.07) is 15.2. The van der Waals surface area contributed by atoms with Gasteiger partial charge >= 0.3 is 0 Å². The zero-order valence-corrected chi connectivity index (χ0v) is 26.7. The van der Waals surface area contributed by atoms with E-state index in [-0.39, 0.29) is 29.1 Å². The van der Waals surface area contributed by atoms with Crippen molar-refractivity contribution in [2.75, 3.05) is 10.8 Å². The van der Waals surface area contributed by atoms with Crippen LogP contribution in [0.25, 0.3) is 0 Å². The van der Waals surface area contributed by atoms with Gasteiger partial charge < -0.3 is 10.2 Å². The minimum Gasteiger partial charge on any atom is -0.352 e. The highest BCUT2D eigenvalue weighted by Gasteiger charge is 2.34. The molecule has 0 radical (unpaired) electrons. The van der Waals surface area contributed by atoms with E-state index in [0.29, 0.717) is 32.6 Å². The molecule has 7 nitrogen and oxygen atoms in total. The van der Waals surface area contributed by atoms with Gasteiger partial charge in [0, 0.05) is 17.6 Å². The van der Waals surface area contributed by atoms with Gasteiger partial charge in [-0.25, -0.2) is 8.42 Å². The van der Waals surface area contributed by atoms with Gasteiger partial charge in [0.05, 0.1) is 20.6 Å². The van der Waals surface area contributed by atoms with Gasteiger partial charge in [0.1, 0.15) is 12.6 Å². The first-order valence-electron chi connectivity index (χ1n) is 13.1. The second-order valence-electron chi connectivity index (χ2n) is 10.1. The van der Waals surface area contributed by atoms with Crippen molar-refractivity contribution >= 4 is 62.3 Å². The molecule has 1 atom stereocenters. The summed E-state index contributed by atoms with van der Waals surface area (Å²) < 4.78 is 29.1. The second kappa shape index (κ2) is 13.9. The van der Waals surface area contributed by atoms with Crippen LogP contribution in [-0.2, 0) is 26.2 Å². The second-order valence-corrected chi connectivity index (χ2v) is 13.2. The predicted octanol–water partition coefficient (Wildman–Crippen LogP) is 6.79. The molecule has 0 heterocycles. The average molecular weight is 639 g/mol. The normalized spacial score (nSPS) is 12.2. The molecule has 3 aromatic rings. The molecule has 1 N–H and O–H groups in total. The summed E-state index contributed by atoms with van der Waals surface area (Å²) in [5, 5.41) is 3.84. The van der Waals surface area contributed by atoms with Crippen molar-refractivity contribution in [2.24, 2.45) is 0 Å².